The highest BCUT2D eigenvalue weighted by Crippen LogP contribution is 2.22. The molecular formula is C20H34N4O. The first-order valence-electron chi connectivity index (χ1n) is 10.0. The highest BCUT2D eigenvalue weighted by molar-refractivity contribution is 5.76. The minimum absolute atomic E-state index is 0.317. The van der Waals surface area contributed by atoms with Crippen molar-refractivity contribution in [3.63, 3.8) is 0 Å². The second-order valence-corrected chi connectivity index (χ2v) is 8.24. The van der Waals surface area contributed by atoms with E-state index in [1.165, 1.54) is 44.5 Å². The molecule has 0 radical (unpaired) electrons. The molecule has 25 heavy (non-hydrogen) atoms. The minimum atomic E-state index is 0.317. The molecule has 2 aliphatic rings. The van der Waals surface area contributed by atoms with Crippen molar-refractivity contribution in [2.24, 2.45) is 11.8 Å². The smallest absolute Gasteiger partial charge is 0.222 e. The molecule has 5 nitrogen and oxygen atoms in total. The fourth-order valence-corrected chi connectivity index (χ4v) is 4.38. The van der Waals surface area contributed by atoms with E-state index in [-0.39, 0.29) is 0 Å². The second kappa shape index (κ2) is 8.35. The van der Waals surface area contributed by atoms with Crippen molar-refractivity contribution in [1.82, 2.24) is 20.0 Å². The summed E-state index contributed by atoms with van der Waals surface area (Å²) >= 11 is 0. The van der Waals surface area contributed by atoms with Crippen molar-refractivity contribution in [1.29, 1.82) is 0 Å². The third kappa shape index (κ3) is 4.84. The maximum absolute atomic E-state index is 12.7. The fraction of sp³-hybridized carbons (Fsp3) is 0.800. The van der Waals surface area contributed by atoms with Crippen molar-refractivity contribution in [2.75, 3.05) is 32.7 Å². The normalized spacial score (nSPS) is 23.2. The van der Waals surface area contributed by atoms with Crippen LogP contribution in [0.15, 0.2) is 0 Å². The number of nitrogens with zero attached hydrogens (tertiary/aromatic N) is 3. The van der Waals surface area contributed by atoms with Crippen LogP contribution in [0.5, 0.6) is 0 Å². The summed E-state index contributed by atoms with van der Waals surface area (Å²) in [5.74, 6) is 1.86. The van der Waals surface area contributed by atoms with E-state index in [0.29, 0.717) is 18.2 Å². The molecule has 0 unspecified atom stereocenters. The van der Waals surface area contributed by atoms with Crippen LogP contribution in [0.3, 0.4) is 0 Å². The Hall–Kier alpha value is -1.36. The van der Waals surface area contributed by atoms with Crippen LogP contribution in [0.4, 0.5) is 0 Å². The number of aromatic amines is 1. The van der Waals surface area contributed by atoms with Crippen LogP contribution >= 0.6 is 0 Å². The van der Waals surface area contributed by atoms with Gasteiger partial charge in [-0.05, 0) is 76.4 Å². The molecule has 1 atom stereocenters. The largest absolute Gasteiger partial charge is 0.342 e. The third-order valence-electron chi connectivity index (χ3n) is 6.13. The second-order valence-electron chi connectivity index (χ2n) is 8.24. The highest BCUT2D eigenvalue weighted by Gasteiger charge is 2.26. The molecular weight excluding hydrogens is 312 g/mol. The van der Waals surface area contributed by atoms with Crippen LogP contribution in [-0.2, 0) is 11.2 Å². The Bertz CT molecular complexity index is 555. The zero-order valence-corrected chi connectivity index (χ0v) is 16.2. The molecule has 0 aliphatic carbocycles. The average molecular weight is 347 g/mol. The summed E-state index contributed by atoms with van der Waals surface area (Å²) in [7, 11) is 0. The zero-order valence-electron chi connectivity index (χ0n) is 16.2. The molecule has 140 valence electrons. The third-order valence-corrected chi connectivity index (χ3v) is 6.13. The van der Waals surface area contributed by atoms with Gasteiger partial charge in [-0.3, -0.25) is 9.89 Å². The molecule has 2 aliphatic heterocycles. The monoisotopic (exact) mass is 346 g/mol. The van der Waals surface area contributed by atoms with Crippen LogP contribution in [0.1, 0.15) is 56.0 Å². The Morgan fingerprint density at radius 2 is 1.96 bits per heavy atom. The maximum Gasteiger partial charge on any atom is 0.222 e. The Balaban J connectivity index is 1.46. The lowest BCUT2D eigenvalue weighted by Crippen LogP contribution is -2.45. The van der Waals surface area contributed by atoms with Crippen molar-refractivity contribution in [2.45, 2.75) is 59.3 Å². The van der Waals surface area contributed by atoms with E-state index in [2.05, 4.69) is 26.9 Å². The molecule has 0 spiro atoms. The predicted octanol–water partition coefficient (Wildman–Crippen LogP) is 2.93. The number of H-pyrrole nitrogens is 1. The zero-order chi connectivity index (χ0) is 17.8. The number of rotatable bonds is 5. The molecule has 1 aromatic heterocycles. The number of aryl methyl sites for hydroxylation is 2. The standard InChI is InChI=1S/C20H34N4O/c1-15-8-11-23(12-9-15)13-18-5-4-10-24(14-18)20(25)7-6-19-16(2)21-22-17(19)3/h15,18H,4-14H2,1-3H3,(H,21,22)/t18-/m1/s1. The van der Waals surface area contributed by atoms with E-state index in [1.54, 1.807) is 0 Å². The van der Waals surface area contributed by atoms with Gasteiger partial charge in [0.2, 0.25) is 5.91 Å². The molecule has 2 fully saturated rings. The molecule has 1 aromatic rings. The van der Waals surface area contributed by atoms with Gasteiger partial charge < -0.3 is 9.80 Å². The summed E-state index contributed by atoms with van der Waals surface area (Å²) in [6.07, 6.45) is 6.51. The predicted molar refractivity (Wildman–Crippen MR) is 101 cm³/mol. The first-order valence-corrected chi connectivity index (χ1v) is 10.0. The number of carbonyl (C=O) groups is 1. The topological polar surface area (TPSA) is 52.2 Å². The summed E-state index contributed by atoms with van der Waals surface area (Å²) in [4.78, 5) is 17.4. The van der Waals surface area contributed by atoms with E-state index >= 15 is 0 Å². The first-order chi connectivity index (χ1) is 12.0. The lowest BCUT2D eigenvalue weighted by atomic mass is 9.94. The van der Waals surface area contributed by atoms with Gasteiger partial charge in [0.15, 0.2) is 0 Å². The van der Waals surface area contributed by atoms with Crippen LogP contribution in [-0.4, -0.2) is 58.6 Å². The lowest BCUT2D eigenvalue weighted by molar-refractivity contribution is -0.133. The van der Waals surface area contributed by atoms with Crippen molar-refractivity contribution < 1.29 is 4.79 Å². The first kappa shape index (κ1) is 18.4. The van der Waals surface area contributed by atoms with Gasteiger partial charge in [-0.1, -0.05) is 6.92 Å². The van der Waals surface area contributed by atoms with Crippen molar-refractivity contribution in [3.05, 3.63) is 17.0 Å². The van der Waals surface area contributed by atoms with Crippen molar-refractivity contribution >= 4 is 5.91 Å². The quantitative estimate of drug-likeness (QED) is 0.892. The van der Waals surface area contributed by atoms with Gasteiger partial charge in [-0.25, -0.2) is 0 Å². The van der Waals surface area contributed by atoms with E-state index < -0.39 is 0 Å². The Morgan fingerprint density at radius 3 is 2.64 bits per heavy atom. The van der Waals surface area contributed by atoms with E-state index in [0.717, 1.165) is 43.2 Å². The number of hydrogen-bond donors (Lipinski definition) is 1. The average Bonchev–Trinajstić information content (AvgIpc) is 2.93. The van der Waals surface area contributed by atoms with Crippen LogP contribution < -0.4 is 0 Å². The lowest BCUT2D eigenvalue weighted by Gasteiger charge is -2.38. The SMILES string of the molecule is Cc1n[nH]c(C)c1CCC(=O)N1CCC[C@H](CN2CCC(C)CC2)C1. The van der Waals surface area contributed by atoms with Gasteiger partial charge in [0.05, 0.1) is 5.69 Å². The summed E-state index contributed by atoms with van der Waals surface area (Å²) < 4.78 is 0. The summed E-state index contributed by atoms with van der Waals surface area (Å²) in [5, 5.41) is 7.25. The minimum Gasteiger partial charge on any atom is -0.342 e. The number of aromatic nitrogens is 2. The molecule has 1 N–H and O–H groups in total. The molecule has 0 saturated carbocycles. The molecule has 2 saturated heterocycles. The van der Waals surface area contributed by atoms with Crippen LogP contribution in [0, 0.1) is 25.7 Å². The number of hydrogen-bond acceptors (Lipinski definition) is 3. The highest BCUT2D eigenvalue weighted by atomic mass is 16.2. The van der Waals surface area contributed by atoms with E-state index in [1.807, 2.05) is 13.8 Å². The van der Waals surface area contributed by atoms with E-state index in [9.17, 15) is 4.79 Å². The molecule has 3 rings (SSSR count). The van der Waals surface area contributed by atoms with Gasteiger partial charge in [-0.2, -0.15) is 5.10 Å². The van der Waals surface area contributed by atoms with Gasteiger partial charge in [0, 0.05) is 31.7 Å². The number of amides is 1. The molecule has 0 aromatic carbocycles. The molecule has 5 heteroatoms. The molecule has 3 heterocycles. The fourth-order valence-electron chi connectivity index (χ4n) is 4.38. The van der Waals surface area contributed by atoms with Gasteiger partial charge in [0.1, 0.15) is 0 Å². The maximum atomic E-state index is 12.7. The van der Waals surface area contributed by atoms with Crippen LogP contribution in [0.2, 0.25) is 0 Å². The Morgan fingerprint density at radius 1 is 1.20 bits per heavy atom. The summed E-state index contributed by atoms with van der Waals surface area (Å²) in [5.41, 5.74) is 3.34. The van der Waals surface area contributed by atoms with Gasteiger partial charge >= 0.3 is 0 Å². The van der Waals surface area contributed by atoms with E-state index in [4.69, 9.17) is 0 Å². The molecule has 1 amide bonds. The Labute approximate surface area is 152 Å². The summed E-state index contributed by atoms with van der Waals surface area (Å²) in [6.45, 7) is 12.0. The Kier molecular flexibility index (Phi) is 6.15. The number of likely N-dealkylation sites (tertiary alicyclic amines) is 2. The summed E-state index contributed by atoms with van der Waals surface area (Å²) in [6, 6.07) is 0. The molecule has 0 bridgehead atoms. The van der Waals surface area contributed by atoms with Gasteiger partial charge in [-0.15, -0.1) is 0 Å². The number of piperidine rings is 2. The number of nitrogens with one attached hydrogen (secondary N) is 1. The number of carbonyl (C=O) groups excluding carboxylic acids is 1. The van der Waals surface area contributed by atoms with Gasteiger partial charge in [0.25, 0.3) is 0 Å². The van der Waals surface area contributed by atoms with Crippen molar-refractivity contribution in [3.8, 4) is 0 Å². The van der Waals surface area contributed by atoms with Crippen LogP contribution in [0.25, 0.3) is 0 Å².